The molecule has 0 heterocycles. The summed E-state index contributed by atoms with van der Waals surface area (Å²) in [6.45, 7) is 2.14. The van der Waals surface area contributed by atoms with Crippen molar-refractivity contribution in [1.82, 2.24) is 0 Å². The van der Waals surface area contributed by atoms with Gasteiger partial charge in [-0.1, -0.05) is 50.8 Å². The second kappa shape index (κ2) is 8.02. The van der Waals surface area contributed by atoms with Crippen LogP contribution in [-0.2, 0) is 0 Å². The molecule has 1 fully saturated rings. The lowest BCUT2D eigenvalue weighted by Crippen LogP contribution is -2.09. The molecule has 2 heteroatoms. The number of carbonyl (C=O) groups is 1. The minimum Gasteiger partial charge on any atom is -0.507 e. The average Bonchev–Trinajstić information content (AvgIpc) is 2.52. The number of hydrogen-bond acceptors (Lipinski definition) is 2. The summed E-state index contributed by atoms with van der Waals surface area (Å²) in [6, 6.07) is 6.87. The van der Waals surface area contributed by atoms with Crippen molar-refractivity contribution in [2.75, 3.05) is 0 Å². The zero-order valence-corrected chi connectivity index (χ0v) is 13.0. The number of rotatable bonds is 6. The molecule has 0 atom stereocenters. The lowest BCUT2D eigenvalue weighted by atomic mass is 9.85. The zero-order chi connectivity index (χ0) is 15.1. The number of para-hydroxylation sites is 1. The molecule has 0 radical (unpaired) electrons. The van der Waals surface area contributed by atoms with E-state index in [1.807, 2.05) is 6.07 Å². The van der Waals surface area contributed by atoms with Gasteiger partial charge in [0.05, 0.1) is 5.56 Å². The van der Waals surface area contributed by atoms with Crippen molar-refractivity contribution in [2.45, 2.75) is 58.3 Å². The summed E-state index contributed by atoms with van der Waals surface area (Å²) in [7, 11) is 0. The van der Waals surface area contributed by atoms with Gasteiger partial charge in [0.2, 0.25) is 0 Å². The Hall–Kier alpha value is -1.57. The van der Waals surface area contributed by atoms with Crippen molar-refractivity contribution in [3.8, 4) is 5.75 Å². The van der Waals surface area contributed by atoms with E-state index in [1.165, 1.54) is 32.1 Å². The number of phenolic OH excluding ortho intramolecular Hbond substituents is 1. The Morgan fingerprint density at radius 1 is 1.24 bits per heavy atom. The molecular weight excluding hydrogens is 260 g/mol. The first-order valence-corrected chi connectivity index (χ1v) is 8.25. The van der Waals surface area contributed by atoms with Crippen LogP contribution in [0.4, 0.5) is 0 Å². The number of phenols is 1. The summed E-state index contributed by atoms with van der Waals surface area (Å²) >= 11 is 0. The molecule has 0 spiro atoms. The highest BCUT2D eigenvalue weighted by Gasteiger charge is 2.18. The second-order valence-corrected chi connectivity index (χ2v) is 6.04. The van der Waals surface area contributed by atoms with Crippen LogP contribution >= 0.6 is 0 Å². The van der Waals surface area contributed by atoms with Crippen molar-refractivity contribution >= 4 is 5.78 Å². The molecule has 2 rings (SSSR count). The maximum absolute atomic E-state index is 12.7. The highest BCUT2D eigenvalue weighted by Crippen LogP contribution is 2.29. The molecule has 1 saturated carbocycles. The Labute approximate surface area is 127 Å². The SMILES string of the molecule is CCCCC(=CC1CCCCC1)C(=O)c1ccccc1O. The number of unbranched alkanes of at least 4 members (excludes halogenated alkanes) is 1. The standard InChI is InChI=1S/C19H26O2/c1-2-3-11-16(14-15-9-5-4-6-10-15)19(21)17-12-7-8-13-18(17)20/h7-8,12-15,20H,2-6,9-11H2,1H3. The molecule has 0 unspecified atom stereocenters. The lowest BCUT2D eigenvalue weighted by molar-refractivity contribution is 0.102. The summed E-state index contributed by atoms with van der Waals surface area (Å²) in [5.41, 5.74) is 1.33. The Bertz CT molecular complexity index is 496. The van der Waals surface area contributed by atoms with Gasteiger partial charge in [-0.3, -0.25) is 4.79 Å². The Balaban J connectivity index is 2.20. The van der Waals surface area contributed by atoms with Crippen molar-refractivity contribution in [2.24, 2.45) is 5.92 Å². The molecule has 0 saturated heterocycles. The Morgan fingerprint density at radius 2 is 1.95 bits per heavy atom. The van der Waals surface area contributed by atoms with Crippen molar-refractivity contribution in [3.05, 3.63) is 41.5 Å². The highest BCUT2D eigenvalue weighted by atomic mass is 16.3. The van der Waals surface area contributed by atoms with Gasteiger partial charge in [-0.05, 0) is 49.3 Å². The van der Waals surface area contributed by atoms with Gasteiger partial charge in [-0.15, -0.1) is 0 Å². The molecule has 114 valence electrons. The second-order valence-electron chi connectivity index (χ2n) is 6.04. The Kier molecular flexibility index (Phi) is 6.04. The third-order valence-corrected chi connectivity index (χ3v) is 4.33. The summed E-state index contributed by atoms with van der Waals surface area (Å²) in [5.74, 6) is 0.640. The van der Waals surface area contributed by atoms with Crippen LogP contribution in [0.5, 0.6) is 5.75 Å². The number of hydrogen-bond donors (Lipinski definition) is 1. The number of benzene rings is 1. The summed E-state index contributed by atoms with van der Waals surface area (Å²) in [6.07, 6.45) is 11.4. The first-order valence-electron chi connectivity index (χ1n) is 8.25. The summed E-state index contributed by atoms with van der Waals surface area (Å²) in [4.78, 5) is 12.7. The fourth-order valence-electron chi connectivity index (χ4n) is 3.06. The van der Waals surface area contributed by atoms with E-state index in [-0.39, 0.29) is 11.5 Å². The molecular formula is C19H26O2. The van der Waals surface area contributed by atoms with Crippen LogP contribution in [0.1, 0.15) is 68.6 Å². The van der Waals surface area contributed by atoms with E-state index < -0.39 is 0 Å². The zero-order valence-electron chi connectivity index (χ0n) is 13.0. The van der Waals surface area contributed by atoms with Crippen LogP contribution < -0.4 is 0 Å². The molecule has 0 bridgehead atoms. The number of carbonyl (C=O) groups excluding carboxylic acids is 1. The topological polar surface area (TPSA) is 37.3 Å². The predicted molar refractivity (Wildman–Crippen MR) is 86.6 cm³/mol. The van der Waals surface area contributed by atoms with E-state index in [1.54, 1.807) is 18.2 Å². The van der Waals surface area contributed by atoms with E-state index in [0.29, 0.717) is 11.5 Å². The first-order chi connectivity index (χ1) is 10.2. The molecule has 1 aliphatic carbocycles. The number of aromatic hydroxyl groups is 1. The van der Waals surface area contributed by atoms with Gasteiger partial charge in [-0.25, -0.2) is 0 Å². The third-order valence-electron chi connectivity index (χ3n) is 4.33. The number of allylic oxidation sites excluding steroid dienone is 2. The minimum atomic E-state index is 0.00660. The maximum Gasteiger partial charge on any atom is 0.192 e. The summed E-state index contributed by atoms with van der Waals surface area (Å²) in [5, 5.41) is 9.91. The molecule has 1 aliphatic rings. The largest absolute Gasteiger partial charge is 0.507 e. The van der Waals surface area contributed by atoms with Gasteiger partial charge in [0.1, 0.15) is 5.75 Å². The number of Topliss-reactive ketones (excluding diaryl/α,β-unsaturated/α-hetero) is 1. The monoisotopic (exact) mass is 286 g/mol. The molecule has 2 nitrogen and oxygen atoms in total. The molecule has 0 aromatic heterocycles. The van der Waals surface area contributed by atoms with E-state index in [4.69, 9.17) is 0 Å². The van der Waals surface area contributed by atoms with Gasteiger partial charge >= 0.3 is 0 Å². The third kappa shape index (κ3) is 4.45. The smallest absolute Gasteiger partial charge is 0.192 e. The van der Waals surface area contributed by atoms with Crippen molar-refractivity contribution in [3.63, 3.8) is 0 Å². The Morgan fingerprint density at radius 3 is 2.62 bits per heavy atom. The van der Waals surface area contributed by atoms with Crippen LogP contribution in [0, 0.1) is 5.92 Å². The molecule has 21 heavy (non-hydrogen) atoms. The molecule has 1 N–H and O–H groups in total. The van der Waals surface area contributed by atoms with Gasteiger partial charge in [0.15, 0.2) is 5.78 Å². The van der Waals surface area contributed by atoms with E-state index in [9.17, 15) is 9.90 Å². The van der Waals surface area contributed by atoms with Crippen LogP contribution in [0.15, 0.2) is 35.9 Å². The van der Waals surface area contributed by atoms with Crippen molar-refractivity contribution < 1.29 is 9.90 Å². The molecule has 0 aliphatic heterocycles. The predicted octanol–water partition coefficient (Wildman–Crippen LogP) is 5.27. The van der Waals surface area contributed by atoms with E-state index in [0.717, 1.165) is 24.8 Å². The number of ketones is 1. The van der Waals surface area contributed by atoms with Crippen LogP contribution in [0.25, 0.3) is 0 Å². The highest BCUT2D eigenvalue weighted by molar-refractivity contribution is 6.10. The van der Waals surface area contributed by atoms with Gasteiger partial charge in [0.25, 0.3) is 0 Å². The van der Waals surface area contributed by atoms with Gasteiger partial charge in [-0.2, -0.15) is 0 Å². The maximum atomic E-state index is 12.7. The van der Waals surface area contributed by atoms with Crippen LogP contribution in [0.2, 0.25) is 0 Å². The average molecular weight is 286 g/mol. The van der Waals surface area contributed by atoms with E-state index in [2.05, 4.69) is 13.0 Å². The summed E-state index contributed by atoms with van der Waals surface area (Å²) < 4.78 is 0. The fourth-order valence-corrected chi connectivity index (χ4v) is 3.06. The molecule has 1 aromatic carbocycles. The van der Waals surface area contributed by atoms with Gasteiger partial charge in [0, 0.05) is 0 Å². The van der Waals surface area contributed by atoms with Crippen LogP contribution in [-0.4, -0.2) is 10.9 Å². The lowest BCUT2D eigenvalue weighted by Gasteiger charge is -2.20. The minimum absolute atomic E-state index is 0.00660. The quantitative estimate of drug-likeness (QED) is 0.571. The normalized spacial score (nSPS) is 16.9. The first kappa shape index (κ1) is 15.8. The van der Waals surface area contributed by atoms with Gasteiger partial charge < -0.3 is 5.11 Å². The fraction of sp³-hybridized carbons (Fsp3) is 0.526. The molecule has 0 amide bonds. The van der Waals surface area contributed by atoms with Crippen LogP contribution in [0.3, 0.4) is 0 Å². The van der Waals surface area contributed by atoms with E-state index >= 15 is 0 Å². The van der Waals surface area contributed by atoms with Crippen molar-refractivity contribution in [1.29, 1.82) is 0 Å². The molecule has 1 aromatic rings.